The highest BCUT2D eigenvalue weighted by Gasteiger charge is 2.52. The molecule has 3 rings (SSSR count). The van der Waals surface area contributed by atoms with Gasteiger partial charge in [-0.25, -0.2) is 0 Å². The van der Waals surface area contributed by atoms with Crippen LogP contribution in [-0.2, 0) is 9.31 Å². The van der Waals surface area contributed by atoms with Crippen molar-refractivity contribution >= 4 is 42.5 Å². The van der Waals surface area contributed by atoms with E-state index in [0.29, 0.717) is 16.0 Å². The Morgan fingerprint density at radius 1 is 1.28 bits per heavy atom. The van der Waals surface area contributed by atoms with Crippen LogP contribution in [0.4, 0.5) is 0 Å². The van der Waals surface area contributed by atoms with E-state index in [4.69, 9.17) is 20.9 Å². The van der Waals surface area contributed by atoms with Crippen molar-refractivity contribution in [3.63, 3.8) is 0 Å². The number of carbonyl (C=O) groups excluding carboxylic acids is 1. The average Bonchev–Trinajstić information content (AvgIpc) is 3.05. The van der Waals surface area contributed by atoms with Crippen molar-refractivity contribution in [1.82, 2.24) is 10.6 Å². The molecule has 0 radical (unpaired) electrons. The molecule has 0 saturated carbocycles. The monoisotopic (exact) mass is 386 g/mol. The van der Waals surface area contributed by atoms with E-state index in [-0.39, 0.29) is 24.4 Å². The normalized spacial score (nSPS) is 24.0. The van der Waals surface area contributed by atoms with Crippen LogP contribution >= 0.6 is 24.0 Å². The SMILES string of the molecule is CC1(C)OB(c2cc(C(=O)N[C@@H]3CCNC3)ccc2Cl)OC1(C)C.Cl. The maximum Gasteiger partial charge on any atom is 0.496 e. The summed E-state index contributed by atoms with van der Waals surface area (Å²) in [6.45, 7) is 9.71. The number of hydrogen-bond donors (Lipinski definition) is 2. The summed E-state index contributed by atoms with van der Waals surface area (Å²) in [5.74, 6) is -0.0989. The topological polar surface area (TPSA) is 59.6 Å². The molecule has 0 bridgehead atoms. The third kappa shape index (κ3) is 4.14. The summed E-state index contributed by atoms with van der Waals surface area (Å²) in [6.07, 6.45) is 0.948. The van der Waals surface area contributed by atoms with Gasteiger partial charge in [0.25, 0.3) is 5.91 Å². The molecule has 2 aliphatic heterocycles. The molecule has 1 atom stereocenters. The van der Waals surface area contributed by atoms with Crippen LogP contribution in [-0.4, -0.2) is 43.4 Å². The Hall–Kier alpha value is -0.785. The lowest BCUT2D eigenvalue weighted by Gasteiger charge is -2.32. The predicted octanol–water partition coefficient (Wildman–Crippen LogP) is 2.15. The van der Waals surface area contributed by atoms with Crippen LogP contribution in [0.2, 0.25) is 5.02 Å². The van der Waals surface area contributed by atoms with Gasteiger partial charge in [0, 0.05) is 28.6 Å². The van der Waals surface area contributed by atoms with Gasteiger partial charge < -0.3 is 19.9 Å². The Labute approximate surface area is 160 Å². The van der Waals surface area contributed by atoms with Crippen molar-refractivity contribution in [1.29, 1.82) is 0 Å². The van der Waals surface area contributed by atoms with Gasteiger partial charge in [-0.15, -0.1) is 12.4 Å². The molecule has 1 aromatic carbocycles. The summed E-state index contributed by atoms with van der Waals surface area (Å²) in [5, 5.41) is 6.81. The number of nitrogens with one attached hydrogen (secondary N) is 2. The second kappa shape index (κ2) is 7.45. The largest absolute Gasteiger partial charge is 0.496 e. The van der Waals surface area contributed by atoms with Crippen molar-refractivity contribution in [2.24, 2.45) is 0 Å². The highest BCUT2D eigenvalue weighted by Crippen LogP contribution is 2.37. The molecule has 2 N–H and O–H groups in total. The van der Waals surface area contributed by atoms with Gasteiger partial charge in [0.15, 0.2) is 0 Å². The zero-order valence-corrected chi connectivity index (χ0v) is 16.6. The summed E-state index contributed by atoms with van der Waals surface area (Å²) >= 11 is 6.34. The zero-order chi connectivity index (χ0) is 17.5. The maximum atomic E-state index is 12.5. The van der Waals surface area contributed by atoms with Gasteiger partial charge in [-0.2, -0.15) is 0 Å². The van der Waals surface area contributed by atoms with E-state index in [1.807, 2.05) is 27.7 Å². The first kappa shape index (κ1) is 20.5. The van der Waals surface area contributed by atoms with Crippen LogP contribution in [0.1, 0.15) is 44.5 Å². The number of carbonyl (C=O) groups is 1. The minimum Gasteiger partial charge on any atom is -0.399 e. The molecule has 25 heavy (non-hydrogen) atoms. The molecule has 0 unspecified atom stereocenters. The van der Waals surface area contributed by atoms with Crippen molar-refractivity contribution in [2.75, 3.05) is 13.1 Å². The fraction of sp³-hybridized carbons (Fsp3) is 0.588. The molecule has 5 nitrogen and oxygen atoms in total. The van der Waals surface area contributed by atoms with Crippen molar-refractivity contribution in [2.45, 2.75) is 51.4 Å². The molecule has 1 aromatic rings. The van der Waals surface area contributed by atoms with Crippen LogP contribution in [0.5, 0.6) is 0 Å². The molecule has 0 aromatic heterocycles. The van der Waals surface area contributed by atoms with Gasteiger partial charge >= 0.3 is 7.12 Å². The van der Waals surface area contributed by atoms with E-state index < -0.39 is 18.3 Å². The molecule has 2 aliphatic rings. The van der Waals surface area contributed by atoms with Gasteiger partial charge in [0.2, 0.25) is 0 Å². The summed E-state index contributed by atoms with van der Waals surface area (Å²) in [4.78, 5) is 12.5. The van der Waals surface area contributed by atoms with Crippen molar-refractivity contribution < 1.29 is 14.1 Å². The van der Waals surface area contributed by atoms with Gasteiger partial charge in [0.1, 0.15) is 0 Å². The van der Waals surface area contributed by atoms with Crippen LogP contribution in [0.15, 0.2) is 18.2 Å². The molecule has 0 spiro atoms. The first-order chi connectivity index (χ1) is 11.2. The Morgan fingerprint density at radius 3 is 2.48 bits per heavy atom. The van der Waals surface area contributed by atoms with Gasteiger partial charge in [-0.05, 0) is 58.9 Å². The first-order valence-corrected chi connectivity index (χ1v) is 8.74. The number of rotatable bonds is 3. The molecule has 2 saturated heterocycles. The van der Waals surface area contributed by atoms with E-state index in [2.05, 4.69) is 10.6 Å². The van der Waals surface area contributed by atoms with Crippen LogP contribution in [0, 0.1) is 0 Å². The minimum atomic E-state index is -0.580. The standard InChI is InChI=1S/C17H24BClN2O3.ClH/c1-16(2)17(3,4)24-18(23-16)13-9-11(5-6-14(13)19)15(22)21-12-7-8-20-10-12;/h5-6,9,12,20H,7-8,10H2,1-4H3,(H,21,22);1H/t12-;/m1./s1. The van der Waals surface area contributed by atoms with Gasteiger partial charge in [-0.3, -0.25) is 4.79 Å². The second-order valence-corrected chi connectivity index (χ2v) is 7.89. The lowest BCUT2D eigenvalue weighted by molar-refractivity contribution is 0.00578. The Morgan fingerprint density at radius 2 is 1.92 bits per heavy atom. The van der Waals surface area contributed by atoms with E-state index in [0.717, 1.165) is 19.5 Å². The van der Waals surface area contributed by atoms with Crippen molar-refractivity contribution in [3.05, 3.63) is 28.8 Å². The number of halogens is 2. The molecule has 0 aliphatic carbocycles. The quantitative estimate of drug-likeness (QED) is 0.781. The van der Waals surface area contributed by atoms with Crippen LogP contribution in [0.3, 0.4) is 0 Å². The fourth-order valence-electron chi connectivity index (χ4n) is 2.88. The highest BCUT2D eigenvalue weighted by molar-refractivity contribution is 6.65. The smallest absolute Gasteiger partial charge is 0.399 e. The van der Waals surface area contributed by atoms with Crippen LogP contribution in [0.25, 0.3) is 0 Å². The second-order valence-electron chi connectivity index (χ2n) is 7.49. The van der Waals surface area contributed by atoms with Gasteiger partial charge in [0.05, 0.1) is 11.2 Å². The minimum absolute atomic E-state index is 0. The zero-order valence-electron chi connectivity index (χ0n) is 15.0. The van der Waals surface area contributed by atoms with Crippen LogP contribution < -0.4 is 16.1 Å². The average molecular weight is 387 g/mol. The number of benzene rings is 1. The molecular formula is C17H25BCl2N2O3. The lowest BCUT2D eigenvalue weighted by atomic mass is 9.78. The molecule has 138 valence electrons. The van der Waals surface area contributed by atoms with E-state index in [1.54, 1.807) is 18.2 Å². The Kier molecular flexibility index (Phi) is 6.12. The Bertz CT molecular complexity index is 633. The fourth-order valence-corrected chi connectivity index (χ4v) is 3.09. The highest BCUT2D eigenvalue weighted by atomic mass is 35.5. The first-order valence-electron chi connectivity index (χ1n) is 8.36. The third-order valence-corrected chi connectivity index (χ3v) is 5.51. The van der Waals surface area contributed by atoms with E-state index in [1.165, 1.54) is 0 Å². The molecular weight excluding hydrogens is 362 g/mol. The number of amides is 1. The lowest BCUT2D eigenvalue weighted by Crippen LogP contribution is -2.41. The molecule has 1 amide bonds. The Balaban J connectivity index is 0.00000225. The summed E-state index contributed by atoms with van der Waals surface area (Å²) in [6, 6.07) is 5.40. The predicted molar refractivity (Wildman–Crippen MR) is 103 cm³/mol. The molecule has 2 fully saturated rings. The number of hydrogen-bond acceptors (Lipinski definition) is 4. The molecule has 8 heteroatoms. The summed E-state index contributed by atoms with van der Waals surface area (Å²) in [7, 11) is -0.580. The maximum absolute atomic E-state index is 12.5. The van der Waals surface area contributed by atoms with Gasteiger partial charge in [-0.1, -0.05) is 11.6 Å². The van der Waals surface area contributed by atoms with Crippen molar-refractivity contribution in [3.8, 4) is 0 Å². The molecule has 2 heterocycles. The summed E-state index contributed by atoms with van der Waals surface area (Å²) in [5.41, 5.74) is 0.354. The van der Waals surface area contributed by atoms with E-state index >= 15 is 0 Å². The third-order valence-electron chi connectivity index (χ3n) is 5.16. The van der Waals surface area contributed by atoms with E-state index in [9.17, 15) is 4.79 Å². The summed E-state index contributed by atoms with van der Waals surface area (Å²) < 4.78 is 12.1.